The third-order valence-corrected chi connectivity index (χ3v) is 3.98. The zero-order valence-corrected chi connectivity index (χ0v) is 13.6. The Morgan fingerprint density at radius 3 is 2.21 bits per heavy atom. The van der Waals surface area contributed by atoms with E-state index in [0.717, 1.165) is 10.8 Å². The van der Waals surface area contributed by atoms with Gasteiger partial charge in [-0.05, 0) is 12.1 Å². The van der Waals surface area contributed by atoms with Crippen LogP contribution in [0.15, 0.2) is 58.8 Å². The minimum Gasteiger partial charge on any atom is -0.398 e. The van der Waals surface area contributed by atoms with Crippen LogP contribution in [0.2, 0.25) is 10.0 Å². The average Bonchev–Trinajstić information content (AvgIpc) is 2.56. The summed E-state index contributed by atoms with van der Waals surface area (Å²) in [7, 11) is 0. The van der Waals surface area contributed by atoms with Crippen LogP contribution in [0.5, 0.6) is 0 Å². The Hall–Kier alpha value is -2.70. The summed E-state index contributed by atoms with van der Waals surface area (Å²) in [6.45, 7) is 0. The van der Waals surface area contributed by atoms with E-state index in [4.69, 9.17) is 28.9 Å². The molecule has 0 spiro atoms. The lowest BCUT2D eigenvalue weighted by molar-refractivity contribution is -0.384. The molecule has 6 nitrogen and oxygen atoms in total. The first kappa shape index (κ1) is 16.2. The summed E-state index contributed by atoms with van der Waals surface area (Å²) in [5.41, 5.74) is 7.14. The van der Waals surface area contributed by atoms with Gasteiger partial charge in [-0.15, -0.1) is 10.2 Å². The summed E-state index contributed by atoms with van der Waals surface area (Å²) in [4.78, 5) is 10.2. The number of nitrogen functional groups attached to an aromatic ring is 1. The number of nitro groups is 1. The molecule has 3 aromatic carbocycles. The van der Waals surface area contributed by atoms with E-state index in [1.165, 1.54) is 12.1 Å². The molecule has 0 bridgehead atoms. The van der Waals surface area contributed by atoms with Crippen LogP contribution in [0.25, 0.3) is 10.8 Å². The van der Waals surface area contributed by atoms with Crippen molar-refractivity contribution in [3.05, 3.63) is 68.7 Å². The second-order valence-corrected chi connectivity index (χ2v) is 5.75. The van der Waals surface area contributed by atoms with Crippen LogP contribution in [0, 0.1) is 10.1 Å². The van der Waals surface area contributed by atoms with E-state index >= 15 is 0 Å². The highest BCUT2D eigenvalue weighted by Crippen LogP contribution is 2.38. The quantitative estimate of drug-likeness (QED) is 0.266. The van der Waals surface area contributed by atoms with Crippen molar-refractivity contribution in [1.29, 1.82) is 0 Å². The Kier molecular flexibility index (Phi) is 4.33. The van der Waals surface area contributed by atoms with Crippen LogP contribution in [0.1, 0.15) is 0 Å². The molecule has 0 saturated heterocycles. The van der Waals surface area contributed by atoms with E-state index in [1.807, 2.05) is 24.3 Å². The maximum absolute atomic E-state index is 10.8. The number of nitro benzene ring substituents is 1. The molecule has 0 heterocycles. The molecule has 0 saturated carbocycles. The predicted octanol–water partition coefficient (Wildman–Crippen LogP) is 6.05. The summed E-state index contributed by atoms with van der Waals surface area (Å²) in [6, 6.07) is 13.3. The fraction of sp³-hybridized carbons (Fsp3) is 0. The van der Waals surface area contributed by atoms with Gasteiger partial charge in [0.15, 0.2) is 0 Å². The smallest absolute Gasteiger partial charge is 0.272 e. The first-order valence-corrected chi connectivity index (χ1v) is 7.55. The molecule has 0 radical (unpaired) electrons. The largest absolute Gasteiger partial charge is 0.398 e. The van der Waals surface area contributed by atoms with Gasteiger partial charge in [-0.1, -0.05) is 47.5 Å². The zero-order valence-electron chi connectivity index (χ0n) is 12.1. The van der Waals surface area contributed by atoms with Gasteiger partial charge in [0, 0.05) is 28.6 Å². The molecule has 120 valence electrons. The molecule has 0 aromatic heterocycles. The van der Waals surface area contributed by atoms with Gasteiger partial charge < -0.3 is 5.73 Å². The second kappa shape index (κ2) is 6.43. The molecule has 0 amide bonds. The van der Waals surface area contributed by atoms with Crippen LogP contribution in [-0.2, 0) is 0 Å². The van der Waals surface area contributed by atoms with Crippen LogP contribution in [0.3, 0.4) is 0 Å². The zero-order chi connectivity index (χ0) is 17.3. The van der Waals surface area contributed by atoms with E-state index in [0.29, 0.717) is 11.4 Å². The maximum atomic E-state index is 10.8. The van der Waals surface area contributed by atoms with Gasteiger partial charge in [-0.3, -0.25) is 10.1 Å². The fourth-order valence-corrected chi connectivity index (χ4v) is 2.80. The number of nitrogens with two attached hydrogens (primary N) is 1. The van der Waals surface area contributed by atoms with Crippen molar-refractivity contribution >= 4 is 56.7 Å². The van der Waals surface area contributed by atoms with Gasteiger partial charge in [0.25, 0.3) is 5.69 Å². The summed E-state index contributed by atoms with van der Waals surface area (Å²) in [5, 5.41) is 20.8. The molecule has 2 N–H and O–H groups in total. The van der Waals surface area contributed by atoms with E-state index in [-0.39, 0.29) is 21.4 Å². The van der Waals surface area contributed by atoms with Gasteiger partial charge in [-0.2, -0.15) is 0 Å². The number of nitrogens with zero attached hydrogens (tertiary/aromatic N) is 3. The highest BCUT2D eigenvalue weighted by Gasteiger charge is 2.14. The number of benzene rings is 3. The SMILES string of the molecule is Nc1ccc(N=Nc2c(Cl)cc([N+](=O)[O-])cc2Cl)c2ccccc12. The van der Waals surface area contributed by atoms with Gasteiger partial charge in [-0.25, -0.2) is 0 Å². The number of non-ortho nitro benzene ring substituents is 1. The monoisotopic (exact) mass is 360 g/mol. The van der Waals surface area contributed by atoms with E-state index in [2.05, 4.69) is 10.2 Å². The molecule has 0 fully saturated rings. The number of hydrogen-bond acceptors (Lipinski definition) is 5. The van der Waals surface area contributed by atoms with Gasteiger partial charge in [0.05, 0.1) is 20.7 Å². The summed E-state index contributed by atoms with van der Waals surface area (Å²) >= 11 is 12.1. The van der Waals surface area contributed by atoms with Crippen molar-refractivity contribution in [3.63, 3.8) is 0 Å². The van der Waals surface area contributed by atoms with Crippen LogP contribution < -0.4 is 5.73 Å². The fourth-order valence-electron chi connectivity index (χ4n) is 2.25. The molecule has 0 aliphatic heterocycles. The molecule has 24 heavy (non-hydrogen) atoms. The second-order valence-electron chi connectivity index (χ2n) is 4.93. The van der Waals surface area contributed by atoms with Crippen molar-refractivity contribution < 1.29 is 4.92 Å². The normalized spacial score (nSPS) is 11.2. The Balaban J connectivity index is 2.07. The van der Waals surface area contributed by atoms with Gasteiger partial charge in [0.1, 0.15) is 5.69 Å². The van der Waals surface area contributed by atoms with Crippen LogP contribution in [-0.4, -0.2) is 4.92 Å². The first-order chi connectivity index (χ1) is 11.5. The number of halogens is 2. The average molecular weight is 361 g/mol. The third-order valence-electron chi connectivity index (χ3n) is 3.40. The Morgan fingerprint density at radius 1 is 0.958 bits per heavy atom. The molecule has 8 heteroatoms. The predicted molar refractivity (Wildman–Crippen MR) is 95.7 cm³/mol. The topological polar surface area (TPSA) is 93.9 Å². The Labute approximate surface area is 146 Å². The lowest BCUT2D eigenvalue weighted by atomic mass is 10.1. The Bertz CT molecular complexity index is 966. The number of hydrogen-bond donors (Lipinski definition) is 1. The number of azo groups is 1. The summed E-state index contributed by atoms with van der Waals surface area (Å²) < 4.78 is 0. The highest BCUT2D eigenvalue weighted by atomic mass is 35.5. The number of rotatable bonds is 3. The molecule has 0 unspecified atom stereocenters. The molecule has 3 rings (SSSR count). The Morgan fingerprint density at radius 2 is 1.58 bits per heavy atom. The molecule has 3 aromatic rings. The van der Waals surface area contributed by atoms with Crippen molar-refractivity contribution in [1.82, 2.24) is 0 Å². The highest BCUT2D eigenvalue weighted by molar-refractivity contribution is 6.39. The minimum atomic E-state index is -0.577. The third kappa shape index (κ3) is 3.02. The molecule has 0 atom stereocenters. The lowest BCUT2D eigenvalue weighted by Crippen LogP contribution is -1.88. The van der Waals surface area contributed by atoms with Gasteiger partial charge >= 0.3 is 0 Å². The summed E-state index contributed by atoms with van der Waals surface area (Å²) in [6.07, 6.45) is 0. The molecular weight excluding hydrogens is 351 g/mol. The first-order valence-electron chi connectivity index (χ1n) is 6.80. The molecular formula is C16H10Cl2N4O2. The van der Waals surface area contributed by atoms with E-state index in [9.17, 15) is 10.1 Å². The lowest BCUT2D eigenvalue weighted by Gasteiger charge is -2.05. The maximum Gasteiger partial charge on any atom is 0.272 e. The number of anilines is 1. The molecule has 0 aliphatic carbocycles. The van der Waals surface area contributed by atoms with Crippen molar-refractivity contribution in [2.75, 3.05) is 5.73 Å². The van der Waals surface area contributed by atoms with Crippen molar-refractivity contribution in [2.24, 2.45) is 10.2 Å². The number of fused-ring (bicyclic) bond motifs is 1. The standard InChI is InChI=1S/C16H10Cl2N4O2/c17-12-7-9(22(23)24)8-13(18)16(12)21-20-15-6-5-14(19)10-3-1-2-4-11(10)15/h1-8H,19H2. The van der Waals surface area contributed by atoms with Gasteiger partial charge in [0.2, 0.25) is 0 Å². The minimum absolute atomic E-state index is 0.0534. The van der Waals surface area contributed by atoms with Crippen LogP contribution >= 0.6 is 23.2 Å². The molecule has 0 aliphatic rings. The van der Waals surface area contributed by atoms with Crippen molar-refractivity contribution in [3.8, 4) is 0 Å². The summed E-state index contributed by atoms with van der Waals surface area (Å²) in [5.74, 6) is 0. The van der Waals surface area contributed by atoms with E-state index in [1.54, 1.807) is 12.1 Å². The van der Waals surface area contributed by atoms with Crippen molar-refractivity contribution in [2.45, 2.75) is 0 Å². The van der Waals surface area contributed by atoms with Crippen LogP contribution in [0.4, 0.5) is 22.7 Å². The van der Waals surface area contributed by atoms with E-state index < -0.39 is 4.92 Å².